The second-order valence-corrected chi connectivity index (χ2v) is 10.5. The molecular formula is C23H35ClNO7P. The fraction of sp³-hybridized carbons (Fsp3) is 0.478. The van der Waals surface area contributed by atoms with Gasteiger partial charge in [0.25, 0.3) is 0 Å². The molecule has 0 unspecified atom stereocenters. The van der Waals surface area contributed by atoms with Crippen molar-refractivity contribution < 1.29 is 51.8 Å². The Kier molecular flexibility index (Phi) is 10.5. The molecule has 0 radical (unpaired) electrons. The second kappa shape index (κ2) is 12.0. The molecule has 6 N–H and O–H groups in total. The second-order valence-electron chi connectivity index (χ2n) is 8.47. The Labute approximate surface area is 201 Å². The molecule has 33 heavy (non-hydrogen) atoms. The normalized spacial score (nSPS) is 11.9. The van der Waals surface area contributed by atoms with Crippen molar-refractivity contribution >= 4 is 7.60 Å². The van der Waals surface area contributed by atoms with Gasteiger partial charge in [0.15, 0.2) is 6.29 Å². The topological polar surface area (TPSA) is 133 Å². The van der Waals surface area contributed by atoms with Crippen molar-refractivity contribution in [2.45, 2.75) is 59.7 Å². The van der Waals surface area contributed by atoms with E-state index in [2.05, 4.69) is 0 Å². The van der Waals surface area contributed by atoms with Crippen LogP contribution >= 0.6 is 7.60 Å². The van der Waals surface area contributed by atoms with Gasteiger partial charge in [-0.25, -0.2) is 0 Å². The molecule has 0 spiro atoms. The molecule has 0 aliphatic heterocycles. The third-order valence-electron chi connectivity index (χ3n) is 5.12. The quantitative estimate of drug-likeness (QED) is 0.303. The van der Waals surface area contributed by atoms with Crippen LogP contribution in [0.1, 0.15) is 55.9 Å². The summed E-state index contributed by atoms with van der Waals surface area (Å²) in [5.41, 5.74) is 1.61. The largest absolute Gasteiger partial charge is 1.00 e. The number of aromatic hydroxyl groups is 4. The van der Waals surface area contributed by atoms with Crippen LogP contribution in [0.15, 0.2) is 24.3 Å². The summed E-state index contributed by atoms with van der Waals surface area (Å²) in [7, 11) is -3.39. The molecule has 186 valence electrons. The maximum atomic E-state index is 13.2. The van der Waals surface area contributed by atoms with Crippen molar-refractivity contribution in [3.8, 4) is 23.0 Å². The molecule has 2 aromatic rings. The van der Waals surface area contributed by atoms with Gasteiger partial charge in [-0.05, 0) is 53.7 Å². The summed E-state index contributed by atoms with van der Waals surface area (Å²) in [6, 6.07) is 6.14. The number of quaternary nitrogens is 1. The smallest absolute Gasteiger partial charge is 0.384 e. The Bertz CT molecular complexity index is 926. The van der Waals surface area contributed by atoms with E-state index in [-0.39, 0.29) is 53.9 Å². The Morgan fingerprint density at radius 1 is 0.818 bits per heavy atom. The van der Waals surface area contributed by atoms with Crippen LogP contribution in [-0.4, -0.2) is 45.5 Å². The Morgan fingerprint density at radius 3 is 1.58 bits per heavy atom. The SMILES string of the molecule is Cc1c(O)ccc(C(C[NH2+]CP(=O)(OC(C)C)OC(C)C)c2ccc(O)c(C)c2O)c1O.[Cl-]. The molecule has 0 amide bonds. The van der Waals surface area contributed by atoms with Crippen LogP contribution in [0.25, 0.3) is 0 Å². The predicted octanol–water partition coefficient (Wildman–Crippen LogP) is 0.826. The molecule has 0 saturated heterocycles. The third-order valence-corrected chi connectivity index (χ3v) is 7.31. The Morgan fingerprint density at radius 2 is 1.21 bits per heavy atom. The zero-order valence-corrected chi connectivity index (χ0v) is 21.5. The first kappa shape index (κ1) is 29.1. The molecule has 0 heterocycles. The highest BCUT2D eigenvalue weighted by atomic mass is 35.5. The summed E-state index contributed by atoms with van der Waals surface area (Å²) in [6.07, 6.45) is -0.511. The average molecular weight is 504 g/mol. The minimum Gasteiger partial charge on any atom is -1.00 e. The van der Waals surface area contributed by atoms with Gasteiger partial charge in [0.2, 0.25) is 0 Å². The monoisotopic (exact) mass is 503 g/mol. The van der Waals surface area contributed by atoms with E-state index in [4.69, 9.17) is 9.05 Å². The molecule has 0 aliphatic carbocycles. The minimum atomic E-state index is -3.39. The van der Waals surface area contributed by atoms with E-state index in [1.807, 2.05) is 0 Å². The van der Waals surface area contributed by atoms with Gasteiger partial charge in [-0.1, -0.05) is 12.1 Å². The van der Waals surface area contributed by atoms with Gasteiger partial charge >= 0.3 is 7.60 Å². The maximum absolute atomic E-state index is 13.2. The first-order valence-corrected chi connectivity index (χ1v) is 12.4. The molecule has 2 aromatic carbocycles. The Balaban J connectivity index is 0.00000544. The predicted molar refractivity (Wildman–Crippen MR) is 123 cm³/mol. The van der Waals surface area contributed by atoms with Gasteiger partial charge in [0.05, 0.1) is 24.7 Å². The van der Waals surface area contributed by atoms with Crippen molar-refractivity contribution in [2.24, 2.45) is 0 Å². The van der Waals surface area contributed by atoms with Crippen LogP contribution in [0.3, 0.4) is 0 Å². The highest BCUT2D eigenvalue weighted by molar-refractivity contribution is 7.53. The fourth-order valence-electron chi connectivity index (χ4n) is 3.56. The van der Waals surface area contributed by atoms with E-state index in [0.717, 1.165) is 0 Å². The number of hydrogen-bond acceptors (Lipinski definition) is 7. The fourth-order valence-corrected chi connectivity index (χ4v) is 5.53. The molecule has 0 aliphatic rings. The molecule has 0 fully saturated rings. The number of phenolic OH excluding ortho intramolecular Hbond substituents is 4. The van der Waals surface area contributed by atoms with Crippen LogP contribution in [0.4, 0.5) is 0 Å². The number of rotatable bonds is 10. The van der Waals surface area contributed by atoms with Crippen LogP contribution < -0.4 is 17.7 Å². The highest BCUT2D eigenvalue weighted by Gasteiger charge is 2.32. The standard InChI is InChI=1S/C23H34NO7P.ClH/c1-13(2)30-32(29,31-14(3)4)12-24-11-19(17-7-9-20(25)15(5)22(17)27)18-8-10-21(26)16(6)23(18)28;/h7-10,13-14,19,24-28H,11-12H2,1-6H3;1H. The van der Waals surface area contributed by atoms with E-state index >= 15 is 0 Å². The van der Waals surface area contributed by atoms with Crippen LogP contribution in [0.5, 0.6) is 23.0 Å². The molecule has 0 saturated carbocycles. The molecular weight excluding hydrogens is 469 g/mol. The molecule has 0 bridgehead atoms. The third kappa shape index (κ3) is 7.26. The first-order valence-electron chi connectivity index (χ1n) is 10.7. The molecule has 8 nitrogen and oxygen atoms in total. The van der Waals surface area contributed by atoms with Gasteiger partial charge < -0.3 is 47.2 Å². The van der Waals surface area contributed by atoms with Crippen LogP contribution in [-0.2, 0) is 13.6 Å². The summed E-state index contributed by atoms with van der Waals surface area (Å²) in [5.74, 6) is -0.789. The number of hydrogen-bond donors (Lipinski definition) is 5. The van der Waals surface area contributed by atoms with Crippen molar-refractivity contribution in [3.05, 3.63) is 46.5 Å². The summed E-state index contributed by atoms with van der Waals surface area (Å²) in [5, 5.41) is 43.1. The molecule has 2 rings (SSSR count). The lowest BCUT2D eigenvalue weighted by Crippen LogP contribution is -3.00. The van der Waals surface area contributed by atoms with Gasteiger partial charge in [-0.3, -0.25) is 4.57 Å². The van der Waals surface area contributed by atoms with Crippen molar-refractivity contribution in [1.29, 1.82) is 0 Å². The lowest BCUT2D eigenvalue weighted by atomic mass is 9.87. The van der Waals surface area contributed by atoms with Crippen LogP contribution in [0.2, 0.25) is 0 Å². The van der Waals surface area contributed by atoms with Crippen molar-refractivity contribution in [2.75, 3.05) is 12.8 Å². The van der Waals surface area contributed by atoms with Gasteiger partial charge in [-0.2, -0.15) is 0 Å². The number of nitrogens with two attached hydrogens (primary N) is 1. The number of phenols is 4. The minimum absolute atomic E-state index is 0. The lowest BCUT2D eigenvalue weighted by Gasteiger charge is -2.24. The lowest BCUT2D eigenvalue weighted by molar-refractivity contribution is -0.641. The maximum Gasteiger partial charge on any atom is 0.384 e. The van der Waals surface area contributed by atoms with Crippen LogP contribution in [0, 0.1) is 13.8 Å². The summed E-state index contributed by atoms with van der Waals surface area (Å²) in [4.78, 5) is 0. The molecule has 10 heteroatoms. The molecule has 0 atom stereocenters. The van der Waals surface area contributed by atoms with E-state index in [0.29, 0.717) is 28.8 Å². The average Bonchev–Trinajstić information content (AvgIpc) is 2.68. The highest BCUT2D eigenvalue weighted by Crippen LogP contribution is 2.48. The van der Waals surface area contributed by atoms with Gasteiger partial charge in [0.1, 0.15) is 23.0 Å². The van der Waals surface area contributed by atoms with E-state index in [1.165, 1.54) is 12.1 Å². The summed E-state index contributed by atoms with van der Waals surface area (Å²) >= 11 is 0. The Hall–Kier alpha value is -1.96. The number of benzene rings is 2. The van der Waals surface area contributed by atoms with Crippen molar-refractivity contribution in [3.63, 3.8) is 0 Å². The first-order chi connectivity index (χ1) is 14.9. The van der Waals surface area contributed by atoms with E-state index in [1.54, 1.807) is 59.0 Å². The zero-order chi connectivity index (χ0) is 24.2. The van der Waals surface area contributed by atoms with Crippen molar-refractivity contribution in [1.82, 2.24) is 0 Å². The van der Waals surface area contributed by atoms with Gasteiger partial charge in [0, 0.05) is 22.3 Å². The molecule has 0 aromatic heterocycles. The van der Waals surface area contributed by atoms with E-state index in [9.17, 15) is 25.0 Å². The summed E-state index contributed by atoms with van der Waals surface area (Å²) in [6.45, 7) is 10.6. The number of halogens is 1. The van der Waals surface area contributed by atoms with E-state index < -0.39 is 13.5 Å². The van der Waals surface area contributed by atoms with Gasteiger partial charge in [-0.15, -0.1) is 0 Å². The summed E-state index contributed by atoms with van der Waals surface area (Å²) < 4.78 is 24.4. The zero-order valence-electron chi connectivity index (χ0n) is 19.9.